The number of rotatable bonds is 3. The molecular formula is C17H18O4. The lowest BCUT2D eigenvalue weighted by molar-refractivity contribution is 0.0206. The van der Waals surface area contributed by atoms with Crippen LogP contribution in [0.15, 0.2) is 42.5 Å². The van der Waals surface area contributed by atoms with Crippen LogP contribution in [0.3, 0.4) is 0 Å². The first kappa shape index (κ1) is 13.8. The normalized spacial score (nSPS) is 20.3. The van der Waals surface area contributed by atoms with Crippen LogP contribution in [0.5, 0.6) is 17.2 Å². The van der Waals surface area contributed by atoms with Gasteiger partial charge in [0, 0.05) is 12.0 Å². The molecule has 4 heteroatoms. The molecule has 21 heavy (non-hydrogen) atoms. The SMILES string of the molecule is COc1cccc([C@@H]2Oc3ccc(OC)cc3C[C@H]2O)c1. The number of hydrogen-bond acceptors (Lipinski definition) is 4. The van der Waals surface area contributed by atoms with E-state index in [1.165, 1.54) is 0 Å². The predicted octanol–water partition coefficient (Wildman–Crippen LogP) is 2.74. The van der Waals surface area contributed by atoms with Crippen molar-refractivity contribution in [3.63, 3.8) is 0 Å². The quantitative estimate of drug-likeness (QED) is 0.942. The summed E-state index contributed by atoms with van der Waals surface area (Å²) in [6, 6.07) is 13.2. The zero-order valence-electron chi connectivity index (χ0n) is 12.1. The van der Waals surface area contributed by atoms with Gasteiger partial charge in [-0.15, -0.1) is 0 Å². The highest BCUT2D eigenvalue weighted by Gasteiger charge is 2.30. The van der Waals surface area contributed by atoms with Crippen molar-refractivity contribution in [2.45, 2.75) is 18.6 Å². The summed E-state index contributed by atoms with van der Waals surface area (Å²) in [5.74, 6) is 2.31. The number of benzene rings is 2. The summed E-state index contributed by atoms with van der Waals surface area (Å²) in [6.07, 6.45) is -0.452. The van der Waals surface area contributed by atoms with Gasteiger partial charge >= 0.3 is 0 Å². The van der Waals surface area contributed by atoms with Gasteiger partial charge in [0.15, 0.2) is 0 Å². The molecule has 4 nitrogen and oxygen atoms in total. The van der Waals surface area contributed by atoms with E-state index in [4.69, 9.17) is 14.2 Å². The van der Waals surface area contributed by atoms with Crippen molar-refractivity contribution in [3.8, 4) is 17.2 Å². The Labute approximate surface area is 123 Å². The van der Waals surface area contributed by atoms with Gasteiger partial charge in [0.2, 0.25) is 0 Å². The monoisotopic (exact) mass is 286 g/mol. The molecule has 0 aliphatic carbocycles. The van der Waals surface area contributed by atoms with Crippen molar-refractivity contribution >= 4 is 0 Å². The molecule has 0 saturated carbocycles. The van der Waals surface area contributed by atoms with Gasteiger partial charge in [-0.3, -0.25) is 0 Å². The van der Waals surface area contributed by atoms with E-state index >= 15 is 0 Å². The van der Waals surface area contributed by atoms with Crippen LogP contribution in [0.1, 0.15) is 17.2 Å². The Morgan fingerprint density at radius 2 is 1.81 bits per heavy atom. The van der Waals surface area contributed by atoms with E-state index in [0.29, 0.717) is 6.42 Å². The number of methoxy groups -OCH3 is 2. The van der Waals surface area contributed by atoms with Crippen LogP contribution in [-0.2, 0) is 6.42 Å². The van der Waals surface area contributed by atoms with Gasteiger partial charge in [0.25, 0.3) is 0 Å². The Morgan fingerprint density at radius 3 is 2.57 bits per heavy atom. The minimum absolute atomic E-state index is 0.388. The molecule has 2 aromatic carbocycles. The second-order valence-electron chi connectivity index (χ2n) is 5.06. The number of fused-ring (bicyclic) bond motifs is 1. The summed E-state index contributed by atoms with van der Waals surface area (Å²) in [4.78, 5) is 0. The highest BCUT2D eigenvalue weighted by molar-refractivity contribution is 5.43. The fraction of sp³-hybridized carbons (Fsp3) is 0.294. The molecule has 0 saturated heterocycles. The Kier molecular flexibility index (Phi) is 3.71. The van der Waals surface area contributed by atoms with E-state index in [1.54, 1.807) is 14.2 Å². The van der Waals surface area contributed by atoms with Crippen LogP contribution in [0, 0.1) is 0 Å². The second kappa shape index (κ2) is 5.66. The van der Waals surface area contributed by atoms with Gasteiger partial charge in [0.05, 0.1) is 20.3 Å². The molecule has 0 radical (unpaired) electrons. The molecule has 1 aliphatic heterocycles. The predicted molar refractivity (Wildman–Crippen MR) is 79.1 cm³/mol. The molecule has 0 unspecified atom stereocenters. The lowest BCUT2D eigenvalue weighted by Gasteiger charge is -2.31. The largest absolute Gasteiger partial charge is 0.497 e. The summed E-state index contributed by atoms with van der Waals surface area (Å²) < 4.78 is 16.4. The van der Waals surface area contributed by atoms with Crippen molar-refractivity contribution in [2.75, 3.05) is 14.2 Å². The molecule has 110 valence electrons. The van der Waals surface area contributed by atoms with E-state index in [9.17, 15) is 5.11 Å². The molecule has 1 N–H and O–H groups in total. The van der Waals surface area contributed by atoms with E-state index in [0.717, 1.165) is 28.4 Å². The molecule has 0 bridgehead atoms. The lowest BCUT2D eigenvalue weighted by Crippen LogP contribution is -2.30. The topological polar surface area (TPSA) is 47.9 Å². The zero-order chi connectivity index (χ0) is 14.8. The molecule has 0 amide bonds. The van der Waals surface area contributed by atoms with E-state index in [2.05, 4.69) is 0 Å². The van der Waals surface area contributed by atoms with Crippen LogP contribution < -0.4 is 14.2 Å². The van der Waals surface area contributed by atoms with Gasteiger partial charge < -0.3 is 19.3 Å². The summed E-state index contributed by atoms with van der Waals surface area (Å²) in [5.41, 5.74) is 1.87. The van der Waals surface area contributed by atoms with E-state index < -0.39 is 6.10 Å². The van der Waals surface area contributed by atoms with Crippen molar-refractivity contribution in [3.05, 3.63) is 53.6 Å². The third-order valence-corrected chi connectivity index (χ3v) is 3.72. The third kappa shape index (κ3) is 2.67. The minimum atomic E-state index is -0.600. The first-order valence-corrected chi connectivity index (χ1v) is 6.87. The van der Waals surface area contributed by atoms with Crippen LogP contribution >= 0.6 is 0 Å². The van der Waals surface area contributed by atoms with Crippen LogP contribution in [0.4, 0.5) is 0 Å². The van der Waals surface area contributed by atoms with Gasteiger partial charge in [-0.2, -0.15) is 0 Å². The van der Waals surface area contributed by atoms with Gasteiger partial charge in [0.1, 0.15) is 23.4 Å². The summed E-state index contributed by atoms with van der Waals surface area (Å²) >= 11 is 0. The van der Waals surface area contributed by atoms with Crippen LogP contribution in [0.2, 0.25) is 0 Å². The Bertz CT molecular complexity index is 638. The number of ether oxygens (including phenoxy) is 3. The van der Waals surface area contributed by atoms with E-state index in [1.807, 2.05) is 42.5 Å². The maximum Gasteiger partial charge on any atom is 0.150 e. The summed E-state index contributed by atoms with van der Waals surface area (Å²) in [7, 11) is 3.25. The number of hydrogen-bond donors (Lipinski definition) is 1. The van der Waals surface area contributed by atoms with Crippen molar-refractivity contribution in [1.82, 2.24) is 0 Å². The molecule has 3 rings (SSSR count). The first-order valence-electron chi connectivity index (χ1n) is 6.87. The minimum Gasteiger partial charge on any atom is -0.497 e. The van der Waals surface area contributed by atoms with Crippen molar-refractivity contribution in [2.24, 2.45) is 0 Å². The summed E-state index contributed by atoms with van der Waals surface area (Å²) in [6.45, 7) is 0. The average molecular weight is 286 g/mol. The van der Waals surface area contributed by atoms with Crippen LogP contribution in [0.25, 0.3) is 0 Å². The molecule has 0 aromatic heterocycles. The third-order valence-electron chi connectivity index (χ3n) is 3.72. The summed E-state index contributed by atoms with van der Waals surface area (Å²) in [5, 5.41) is 10.4. The second-order valence-corrected chi connectivity index (χ2v) is 5.06. The standard InChI is InChI=1S/C17H18O4/c1-19-13-5-3-4-11(8-13)17-15(18)10-12-9-14(20-2)6-7-16(12)21-17/h3-9,15,17-18H,10H2,1-2H3/t15-,17+/m1/s1. The fourth-order valence-electron chi connectivity index (χ4n) is 2.61. The lowest BCUT2D eigenvalue weighted by atomic mass is 9.94. The molecule has 0 spiro atoms. The Morgan fingerprint density at radius 1 is 1.05 bits per heavy atom. The maximum absolute atomic E-state index is 10.4. The van der Waals surface area contributed by atoms with Crippen molar-refractivity contribution in [1.29, 1.82) is 0 Å². The van der Waals surface area contributed by atoms with E-state index in [-0.39, 0.29) is 6.10 Å². The first-order chi connectivity index (χ1) is 10.2. The fourth-order valence-corrected chi connectivity index (χ4v) is 2.61. The maximum atomic E-state index is 10.4. The average Bonchev–Trinajstić information content (AvgIpc) is 2.53. The highest BCUT2D eigenvalue weighted by atomic mass is 16.5. The van der Waals surface area contributed by atoms with Crippen LogP contribution in [-0.4, -0.2) is 25.4 Å². The Balaban J connectivity index is 1.91. The zero-order valence-corrected chi connectivity index (χ0v) is 12.1. The molecule has 0 fully saturated rings. The van der Waals surface area contributed by atoms with Gasteiger partial charge in [-0.1, -0.05) is 12.1 Å². The number of aliphatic hydroxyl groups excluding tert-OH is 1. The smallest absolute Gasteiger partial charge is 0.150 e. The van der Waals surface area contributed by atoms with Crippen molar-refractivity contribution < 1.29 is 19.3 Å². The molecule has 1 aliphatic rings. The highest BCUT2D eigenvalue weighted by Crippen LogP contribution is 2.37. The molecular weight excluding hydrogens is 268 g/mol. The number of aliphatic hydroxyl groups is 1. The molecule has 2 atom stereocenters. The van der Waals surface area contributed by atoms with Gasteiger partial charge in [-0.05, 0) is 35.9 Å². The van der Waals surface area contributed by atoms with Gasteiger partial charge in [-0.25, -0.2) is 0 Å². The molecule has 1 heterocycles. The Hall–Kier alpha value is -2.20. The molecule has 2 aromatic rings.